The molecule has 2 aromatic heterocycles. The molecule has 0 saturated heterocycles. The van der Waals surface area contributed by atoms with Gasteiger partial charge in [0.2, 0.25) is 5.95 Å². The molecular weight excluding hydrogens is 448 g/mol. The van der Waals surface area contributed by atoms with Crippen LogP contribution in [0.1, 0.15) is 18.0 Å². The first-order valence-electron chi connectivity index (χ1n) is 8.21. The second-order valence-corrected chi connectivity index (χ2v) is 7.73. The molecule has 0 saturated carbocycles. The second kappa shape index (κ2) is 7.31. The van der Waals surface area contributed by atoms with Crippen molar-refractivity contribution in [3.05, 3.63) is 45.0 Å². The predicted octanol–water partition coefficient (Wildman–Crippen LogP) is 4.04. The number of aromatic nitrogens is 3. The van der Waals surface area contributed by atoms with Crippen LogP contribution in [0, 0.1) is 0 Å². The van der Waals surface area contributed by atoms with E-state index in [1.54, 1.807) is 6.20 Å². The summed E-state index contributed by atoms with van der Waals surface area (Å²) in [5, 5.41) is 10.4. The highest BCUT2D eigenvalue weighted by Crippen LogP contribution is 2.37. The van der Waals surface area contributed by atoms with Crippen LogP contribution in [0.25, 0.3) is 11.2 Å². The van der Waals surface area contributed by atoms with Crippen LogP contribution in [0.2, 0.25) is 0 Å². The Bertz CT molecular complexity index is 861. The van der Waals surface area contributed by atoms with Crippen LogP contribution < -0.4 is 16.0 Å². The molecule has 3 heterocycles. The van der Waals surface area contributed by atoms with Crippen molar-refractivity contribution in [2.75, 3.05) is 30.3 Å². The van der Waals surface area contributed by atoms with Crippen molar-refractivity contribution in [1.29, 1.82) is 0 Å². The molecule has 1 atom stereocenters. The minimum Gasteiger partial charge on any atom is -0.384 e. The third-order valence-corrected chi connectivity index (χ3v) is 5.34. The third-order valence-electron chi connectivity index (χ3n) is 4.26. The number of halogens is 2. The molecule has 0 aliphatic carbocycles. The minimum atomic E-state index is 0.337. The van der Waals surface area contributed by atoms with Crippen molar-refractivity contribution < 1.29 is 0 Å². The first-order chi connectivity index (χ1) is 12.2. The first kappa shape index (κ1) is 16.8. The molecule has 4 rings (SSSR count). The number of hydrogen-bond acceptors (Lipinski definition) is 5. The number of hydrogen-bond donors (Lipinski definition) is 4. The molecule has 130 valence electrons. The van der Waals surface area contributed by atoms with Crippen LogP contribution in [0.4, 0.5) is 11.6 Å². The van der Waals surface area contributed by atoms with Crippen molar-refractivity contribution >= 4 is 54.7 Å². The minimum absolute atomic E-state index is 0.337. The lowest BCUT2D eigenvalue weighted by atomic mass is 9.98. The summed E-state index contributed by atoms with van der Waals surface area (Å²) in [5.74, 6) is 0.756. The smallest absolute Gasteiger partial charge is 0.202 e. The number of pyridine rings is 1. The molecule has 0 amide bonds. The molecule has 3 aromatic rings. The fraction of sp³-hybridized carbons (Fsp3) is 0.294. The van der Waals surface area contributed by atoms with Gasteiger partial charge in [-0.15, -0.1) is 0 Å². The number of fused-ring (bicyclic) bond motifs is 2. The lowest BCUT2D eigenvalue weighted by molar-refractivity contribution is 0.510. The van der Waals surface area contributed by atoms with Crippen molar-refractivity contribution in [2.45, 2.75) is 12.5 Å². The lowest BCUT2D eigenvalue weighted by Gasteiger charge is -2.29. The fourth-order valence-corrected chi connectivity index (χ4v) is 4.52. The van der Waals surface area contributed by atoms with Gasteiger partial charge in [0.05, 0.1) is 11.2 Å². The van der Waals surface area contributed by atoms with Gasteiger partial charge in [-0.05, 0) is 52.2 Å². The van der Waals surface area contributed by atoms with E-state index in [2.05, 4.69) is 74.9 Å². The Morgan fingerprint density at radius 3 is 3.04 bits per heavy atom. The molecule has 1 aromatic carbocycles. The standard InChI is InChI=1S/C17H18Br2N6/c18-10-8-11-13(3-5-21-15(11)12(19)9-10)20-6-7-23-17-24-14-2-1-4-22-16(14)25-17/h1-2,4,8-9,13,20-21H,3,5-7H2,(H2,22,23,24,25). The Kier molecular flexibility index (Phi) is 4.91. The summed E-state index contributed by atoms with van der Waals surface area (Å²) in [6.45, 7) is 2.60. The summed E-state index contributed by atoms with van der Waals surface area (Å²) in [6, 6.07) is 8.47. The number of nitrogens with one attached hydrogen (secondary N) is 4. The van der Waals surface area contributed by atoms with Gasteiger partial charge in [-0.25, -0.2) is 4.98 Å². The van der Waals surface area contributed by atoms with Gasteiger partial charge in [-0.2, -0.15) is 4.98 Å². The van der Waals surface area contributed by atoms with Gasteiger partial charge in [0.15, 0.2) is 5.65 Å². The molecular formula is C17H18Br2N6. The molecule has 6 nitrogen and oxygen atoms in total. The number of H-pyrrole nitrogens is 1. The first-order valence-corrected chi connectivity index (χ1v) is 9.80. The number of anilines is 2. The van der Waals surface area contributed by atoms with Gasteiger partial charge in [0.1, 0.15) is 0 Å². The molecule has 0 spiro atoms. The maximum atomic E-state index is 4.43. The zero-order chi connectivity index (χ0) is 17.2. The Morgan fingerprint density at radius 2 is 2.16 bits per heavy atom. The maximum absolute atomic E-state index is 4.43. The Balaban J connectivity index is 1.36. The van der Waals surface area contributed by atoms with Gasteiger partial charge in [0, 0.05) is 40.8 Å². The van der Waals surface area contributed by atoms with E-state index in [0.717, 1.165) is 52.1 Å². The zero-order valence-corrected chi connectivity index (χ0v) is 16.6. The van der Waals surface area contributed by atoms with Gasteiger partial charge in [-0.1, -0.05) is 15.9 Å². The van der Waals surface area contributed by atoms with Crippen molar-refractivity contribution in [3.63, 3.8) is 0 Å². The molecule has 0 bridgehead atoms. The SMILES string of the molecule is Brc1cc(Br)c2c(c1)C(NCCNc1nc3ncccc3[nH]1)CCN2. The van der Waals surface area contributed by atoms with E-state index < -0.39 is 0 Å². The van der Waals surface area contributed by atoms with Crippen molar-refractivity contribution in [1.82, 2.24) is 20.3 Å². The molecule has 25 heavy (non-hydrogen) atoms. The summed E-state index contributed by atoms with van der Waals surface area (Å²) in [7, 11) is 0. The number of nitrogens with zero attached hydrogens (tertiary/aromatic N) is 2. The molecule has 0 radical (unpaired) electrons. The van der Waals surface area contributed by atoms with Gasteiger partial charge in [-0.3, -0.25) is 0 Å². The fourth-order valence-electron chi connectivity index (χ4n) is 3.12. The Labute approximate surface area is 162 Å². The summed E-state index contributed by atoms with van der Waals surface area (Å²) >= 11 is 7.22. The van der Waals surface area contributed by atoms with E-state index >= 15 is 0 Å². The highest BCUT2D eigenvalue weighted by molar-refractivity contribution is 9.11. The van der Waals surface area contributed by atoms with E-state index in [-0.39, 0.29) is 0 Å². The Hall–Kier alpha value is -1.64. The largest absolute Gasteiger partial charge is 0.384 e. The Morgan fingerprint density at radius 1 is 1.24 bits per heavy atom. The molecule has 0 fully saturated rings. The van der Waals surface area contributed by atoms with Crippen LogP contribution in [0.15, 0.2) is 39.4 Å². The molecule has 1 aliphatic rings. The molecule has 4 N–H and O–H groups in total. The average molecular weight is 466 g/mol. The van der Waals surface area contributed by atoms with Crippen molar-refractivity contribution in [3.8, 4) is 0 Å². The third kappa shape index (κ3) is 3.65. The number of aromatic amines is 1. The highest BCUT2D eigenvalue weighted by Gasteiger charge is 2.21. The summed E-state index contributed by atoms with van der Waals surface area (Å²) in [5.41, 5.74) is 4.16. The highest BCUT2D eigenvalue weighted by atomic mass is 79.9. The number of rotatable bonds is 5. The maximum Gasteiger partial charge on any atom is 0.202 e. The van der Waals surface area contributed by atoms with Crippen LogP contribution in [0.3, 0.4) is 0 Å². The van der Waals surface area contributed by atoms with E-state index in [0.29, 0.717) is 6.04 Å². The van der Waals surface area contributed by atoms with Crippen LogP contribution in [-0.2, 0) is 0 Å². The van der Waals surface area contributed by atoms with E-state index in [9.17, 15) is 0 Å². The quantitative estimate of drug-likeness (QED) is 0.428. The predicted molar refractivity (Wildman–Crippen MR) is 108 cm³/mol. The van der Waals surface area contributed by atoms with Gasteiger partial charge >= 0.3 is 0 Å². The van der Waals surface area contributed by atoms with E-state index in [1.807, 2.05) is 12.1 Å². The number of imidazole rings is 1. The second-order valence-electron chi connectivity index (χ2n) is 5.96. The zero-order valence-electron chi connectivity index (χ0n) is 13.4. The topological polar surface area (TPSA) is 77.7 Å². The molecule has 1 unspecified atom stereocenters. The van der Waals surface area contributed by atoms with Crippen LogP contribution in [0.5, 0.6) is 0 Å². The summed E-state index contributed by atoms with van der Waals surface area (Å²) in [4.78, 5) is 11.9. The normalized spacial score (nSPS) is 16.5. The van der Waals surface area contributed by atoms with Crippen molar-refractivity contribution in [2.24, 2.45) is 0 Å². The molecule has 1 aliphatic heterocycles. The van der Waals surface area contributed by atoms with Gasteiger partial charge in [0.25, 0.3) is 0 Å². The van der Waals surface area contributed by atoms with Crippen LogP contribution >= 0.6 is 31.9 Å². The molecule has 8 heteroatoms. The average Bonchev–Trinajstić information content (AvgIpc) is 3.02. The van der Waals surface area contributed by atoms with Gasteiger partial charge < -0.3 is 20.9 Å². The summed E-state index contributed by atoms with van der Waals surface area (Å²) < 4.78 is 2.18. The van der Waals surface area contributed by atoms with E-state index in [1.165, 1.54) is 11.3 Å². The lowest BCUT2D eigenvalue weighted by Crippen LogP contribution is -2.31. The summed E-state index contributed by atoms with van der Waals surface area (Å²) in [6.07, 6.45) is 2.81. The van der Waals surface area contributed by atoms with E-state index in [4.69, 9.17) is 0 Å². The van der Waals surface area contributed by atoms with Crippen LogP contribution in [-0.4, -0.2) is 34.6 Å². The number of benzene rings is 1. The monoisotopic (exact) mass is 464 g/mol.